The fourth-order valence-corrected chi connectivity index (χ4v) is 4.32. The van der Waals surface area contributed by atoms with Crippen molar-refractivity contribution in [3.63, 3.8) is 0 Å². The molecule has 126 valence electrons. The maximum Gasteiger partial charge on any atom is 0.202 e. The van der Waals surface area contributed by atoms with Gasteiger partial charge in [-0.3, -0.25) is 9.69 Å². The van der Waals surface area contributed by atoms with Crippen LogP contribution in [0.15, 0.2) is 29.9 Å². The third-order valence-electron chi connectivity index (χ3n) is 5.80. The van der Waals surface area contributed by atoms with E-state index in [0.717, 1.165) is 23.1 Å². The highest BCUT2D eigenvalue weighted by Crippen LogP contribution is 2.54. The van der Waals surface area contributed by atoms with Crippen molar-refractivity contribution in [1.82, 2.24) is 4.90 Å². The molecule has 1 heterocycles. The van der Waals surface area contributed by atoms with Crippen molar-refractivity contribution in [1.29, 1.82) is 0 Å². The molecule has 1 N–H and O–H groups in total. The van der Waals surface area contributed by atoms with E-state index in [9.17, 15) is 9.90 Å². The first-order chi connectivity index (χ1) is 11.4. The Hall–Kier alpha value is -2.11. The lowest BCUT2D eigenvalue weighted by Gasteiger charge is -2.54. The number of benzene rings is 1. The lowest BCUT2D eigenvalue weighted by Crippen LogP contribution is -2.63. The highest BCUT2D eigenvalue weighted by molar-refractivity contribution is 6.00. The van der Waals surface area contributed by atoms with E-state index >= 15 is 0 Å². The van der Waals surface area contributed by atoms with Crippen LogP contribution in [-0.2, 0) is 10.2 Å². The Balaban J connectivity index is 1.96. The highest BCUT2D eigenvalue weighted by atomic mass is 16.5. The van der Waals surface area contributed by atoms with Crippen LogP contribution in [0.2, 0.25) is 0 Å². The first-order valence-corrected chi connectivity index (χ1v) is 8.09. The number of aliphatic hydroxyl groups is 1. The third-order valence-corrected chi connectivity index (χ3v) is 5.80. The molecule has 1 aromatic rings. The third kappa shape index (κ3) is 1.79. The summed E-state index contributed by atoms with van der Waals surface area (Å²) in [6, 6.07) is 3.96. The van der Waals surface area contributed by atoms with Crippen molar-refractivity contribution in [2.24, 2.45) is 0 Å². The van der Waals surface area contributed by atoms with Crippen LogP contribution in [0.25, 0.3) is 6.08 Å². The number of likely N-dealkylation sites (tertiary alicyclic amines) is 1. The molecule has 24 heavy (non-hydrogen) atoms. The second-order valence-corrected chi connectivity index (χ2v) is 6.84. The standard InChI is InChI=1S/C19H21NO4/c1-20-7-6-18-11-19(20,22)17(21)9-13(18)5-4-12-8-15(23-2)16(24-3)10-14(12)18/h4-5,8-10,22H,6-7,11H2,1-3H3/t18-,19+/m0/s1. The summed E-state index contributed by atoms with van der Waals surface area (Å²) in [4.78, 5) is 14.2. The average molecular weight is 327 g/mol. The number of methoxy groups -OCH3 is 2. The fraction of sp³-hybridized carbons (Fsp3) is 0.421. The van der Waals surface area contributed by atoms with Crippen LogP contribution in [0.3, 0.4) is 0 Å². The van der Waals surface area contributed by atoms with Crippen molar-refractivity contribution in [3.05, 3.63) is 41.0 Å². The summed E-state index contributed by atoms with van der Waals surface area (Å²) in [5.41, 5.74) is 1.32. The molecular formula is C19H21NO4. The maximum absolute atomic E-state index is 12.5. The van der Waals surface area contributed by atoms with Crippen molar-refractivity contribution < 1.29 is 19.4 Å². The van der Waals surface area contributed by atoms with E-state index in [4.69, 9.17) is 9.47 Å². The van der Waals surface area contributed by atoms with Crippen LogP contribution < -0.4 is 9.47 Å². The maximum atomic E-state index is 12.5. The van der Waals surface area contributed by atoms with Crippen LogP contribution >= 0.6 is 0 Å². The minimum absolute atomic E-state index is 0.232. The van der Waals surface area contributed by atoms with Gasteiger partial charge in [-0.2, -0.15) is 0 Å². The summed E-state index contributed by atoms with van der Waals surface area (Å²) in [6.45, 7) is 0.654. The van der Waals surface area contributed by atoms with Gasteiger partial charge in [-0.05, 0) is 48.4 Å². The Bertz CT molecular complexity index is 797. The van der Waals surface area contributed by atoms with Crippen molar-refractivity contribution in [3.8, 4) is 11.5 Å². The molecule has 1 aliphatic heterocycles. The fourth-order valence-electron chi connectivity index (χ4n) is 4.32. The number of nitrogens with zero attached hydrogens (tertiary/aromatic N) is 1. The number of hydrogen-bond acceptors (Lipinski definition) is 5. The van der Waals surface area contributed by atoms with Gasteiger partial charge in [0.1, 0.15) is 0 Å². The number of carbonyl (C=O) groups is 1. The topological polar surface area (TPSA) is 59.0 Å². The molecule has 1 spiro atoms. The lowest BCUT2D eigenvalue weighted by atomic mass is 9.58. The lowest BCUT2D eigenvalue weighted by molar-refractivity contribution is -0.168. The first kappa shape index (κ1) is 15.4. The van der Waals surface area contributed by atoms with Gasteiger partial charge in [-0.15, -0.1) is 0 Å². The molecule has 0 amide bonds. The number of likely N-dealkylation sites (N-methyl/N-ethyl adjacent to an activating group) is 1. The van der Waals surface area contributed by atoms with Gasteiger partial charge in [-0.1, -0.05) is 12.2 Å². The van der Waals surface area contributed by atoms with Gasteiger partial charge >= 0.3 is 0 Å². The summed E-state index contributed by atoms with van der Waals surface area (Å²) in [6.07, 6.45) is 6.82. The van der Waals surface area contributed by atoms with E-state index in [-0.39, 0.29) is 11.2 Å². The monoisotopic (exact) mass is 327 g/mol. The van der Waals surface area contributed by atoms with Crippen molar-refractivity contribution in [2.75, 3.05) is 27.8 Å². The number of carbonyl (C=O) groups excluding carboxylic acids is 1. The molecule has 3 aliphatic rings. The van der Waals surface area contributed by atoms with Crippen LogP contribution in [-0.4, -0.2) is 49.3 Å². The molecule has 0 aromatic heterocycles. The van der Waals surface area contributed by atoms with Crippen LogP contribution in [0.1, 0.15) is 24.0 Å². The summed E-state index contributed by atoms with van der Waals surface area (Å²) >= 11 is 0. The van der Waals surface area contributed by atoms with Crippen molar-refractivity contribution in [2.45, 2.75) is 24.0 Å². The number of allylic oxidation sites excluding steroid dienone is 2. The number of ketones is 1. The summed E-state index contributed by atoms with van der Waals surface area (Å²) in [5, 5.41) is 11.0. The van der Waals surface area contributed by atoms with Crippen LogP contribution in [0.4, 0.5) is 0 Å². The van der Waals surface area contributed by atoms with E-state index in [1.54, 1.807) is 32.2 Å². The SMILES string of the molecule is COc1cc2c(cc1OC)[C@@]13CCN(C)[C@@](O)(C1)C(=O)C=C3C=C2. The molecule has 4 rings (SSSR count). The van der Waals surface area contributed by atoms with Gasteiger partial charge in [-0.25, -0.2) is 0 Å². The van der Waals surface area contributed by atoms with Crippen molar-refractivity contribution >= 4 is 11.9 Å². The summed E-state index contributed by atoms with van der Waals surface area (Å²) < 4.78 is 10.9. The number of ether oxygens (including phenoxy) is 2. The van der Waals surface area contributed by atoms with Gasteiger partial charge < -0.3 is 14.6 Å². The predicted molar refractivity (Wildman–Crippen MR) is 90.2 cm³/mol. The van der Waals surface area contributed by atoms with Crippen LogP contribution in [0, 0.1) is 0 Å². The quantitative estimate of drug-likeness (QED) is 0.899. The molecule has 2 bridgehead atoms. The Morgan fingerprint density at radius 3 is 2.58 bits per heavy atom. The van der Waals surface area contributed by atoms with Gasteiger partial charge in [0, 0.05) is 18.4 Å². The Labute approximate surface area is 141 Å². The zero-order valence-electron chi connectivity index (χ0n) is 14.1. The van der Waals surface area contributed by atoms with Gasteiger partial charge in [0.25, 0.3) is 0 Å². The van der Waals surface area contributed by atoms with Gasteiger partial charge in [0.15, 0.2) is 17.2 Å². The predicted octanol–water partition coefficient (Wildman–Crippen LogP) is 1.89. The number of rotatable bonds is 2. The largest absolute Gasteiger partial charge is 0.493 e. The van der Waals surface area contributed by atoms with E-state index in [1.165, 1.54) is 0 Å². The molecule has 2 atom stereocenters. The number of fused-ring (bicyclic) bond motifs is 2. The Kier molecular flexibility index (Phi) is 3.18. The average Bonchev–Trinajstić information content (AvgIpc) is 2.59. The first-order valence-electron chi connectivity index (χ1n) is 8.09. The smallest absolute Gasteiger partial charge is 0.202 e. The molecule has 1 saturated heterocycles. The second kappa shape index (κ2) is 4.94. The highest BCUT2D eigenvalue weighted by Gasteiger charge is 2.56. The van der Waals surface area contributed by atoms with E-state index in [0.29, 0.717) is 24.5 Å². The molecule has 1 fully saturated rings. The zero-order valence-corrected chi connectivity index (χ0v) is 14.1. The van der Waals surface area contributed by atoms with E-state index in [1.807, 2.05) is 24.3 Å². The molecule has 0 radical (unpaired) electrons. The Morgan fingerprint density at radius 1 is 1.17 bits per heavy atom. The molecule has 0 saturated carbocycles. The summed E-state index contributed by atoms with van der Waals surface area (Å²) in [7, 11) is 5.04. The summed E-state index contributed by atoms with van der Waals surface area (Å²) in [5.74, 6) is 1.11. The minimum atomic E-state index is -1.43. The van der Waals surface area contributed by atoms with Gasteiger partial charge in [0.2, 0.25) is 5.78 Å². The zero-order chi connectivity index (χ0) is 17.1. The molecule has 5 nitrogen and oxygen atoms in total. The van der Waals surface area contributed by atoms with E-state index < -0.39 is 5.72 Å². The Morgan fingerprint density at radius 2 is 1.88 bits per heavy atom. The van der Waals surface area contributed by atoms with E-state index in [2.05, 4.69) is 0 Å². The van der Waals surface area contributed by atoms with Crippen LogP contribution in [0.5, 0.6) is 11.5 Å². The second-order valence-electron chi connectivity index (χ2n) is 6.84. The molecule has 2 aliphatic carbocycles. The molecule has 0 unspecified atom stereocenters. The minimum Gasteiger partial charge on any atom is -0.493 e. The number of piperidine rings is 1. The molecule has 5 heteroatoms. The molecular weight excluding hydrogens is 306 g/mol. The number of hydrogen-bond donors (Lipinski definition) is 1. The van der Waals surface area contributed by atoms with Gasteiger partial charge in [0.05, 0.1) is 14.2 Å². The molecule has 1 aromatic carbocycles. The normalized spacial score (nSPS) is 31.2.